The average Bonchev–Trinajstić information content (AvgIpc) is 2.24. The molecule has 19 heavy (non-hydrogen) atoms. The number of hydrogen-bond donors (Lipinski definition) is 0. The summed E-state index contributed by atoms with van der Waals surface area (Å²) in [5, 5.41) is 0.899. The van der Waals surface area contributed by atoms with Crippen molar-refractivity contribution in [2.24, 2.45) is 10.8 Å². The van der Waals surface area contributed by atoms with Crippen molar-refractivity contribution in [3.63, 3.8) is 0 Å². The van der Waals surface area contributed by atoms with E-state index in [9.17, 15) is 0 Å². The van der Waals surface area contributed by atoms with Crippen molar-refractivity contribution < 1.29 is 0 Å². The van der Waals surface area contributed by atoms with E-state index in [-0.39, 0.29) is 0 Å². The van der Waals surface area contributed by atoms with Gasteiger partial charge in [0.05, 0.1) is 0 Å². The predicted octanol–water partition coefficient (Wildman–Crippen LogP) is 6.30. The van der Waals surface area contributed by atoms with Gasteiger partial charge in [-0.3, -0.25) is 0 Å². The molecule has 0 N–H and O–H groups in total. The van der Waals surface area contributed by atoms with Gasteiger partial charge >= 0.3 is 0 Å². The molecule has 0 unspecified atom stereocenters. The van der Waals surface area contributed by atoms with Gasteiger partial charge in [0.2, 0.25) is 0 Å². The van der Waals surface area contributed by atoms with Crippen molar-refractivity contribution in [1.29, 1.82) is 0 Å². The molecule has 104 valence electrons. The first-order valence-corrected chi connectivity index (χ1v) is 7.52. The van der Waals surface area contributed by atoms with Crippen LogP contribution < -0.4 is 0 Å². The summed E-state index contributed by atoms with van der Waals surface area (Å²) in [7, 11) is 0. The highest BCUT2D eigenvalue weighted by Crippen LogP contribution is 2.52. The molecule has 2 rings (SSSR count). The van der Waals surface area contributed by atoms with Gasteiger partial charge in [0, 0.05) is 5.02 Å². The number of benzene rings is 1. The third-order valence-corrected chi connectivity index (χ3v) is 4.58. The average molecular weight is 277 g/mol. The molecule has 0 spiro atoms. The van der Waals surface area contributed by atoms with Crippen molar-refractivity contribution >= 4 is 17.7 Å². The van der Waals surface area contributed by atoms with Crippen LogP contribution in [0.4, 0.5) is 0 Å². The summed E-state index contributed by atoms with van der Waals surface area (Å²) in [4.78, 5) is 0. The Bertz CT molecular complexity index is 466. The van der Waals surface area contributed by atoms with E-state index in [2.05, 4.69) is 46.4 Å². The number of rotatable bonds is 2. The minimum absolute atomic E-state index is 0.396. The van der Waals surface area contributed by atoms with Crippen LogP contribution in [-0.2, 0) is 0 Å². The first-order valence-electron chi connectivity index (χ1n) is 7.14. The Labute approximate surface area is 122 Å². The van der Waals surface area contributed by atoms with E-state index in [0.29, 0.717) is 16.7 Å². The Kier molecular flexibility index (Phi) is 3.84. The van der Waals surface area contributed by atoms with Crippen molar-refractivity contribution in [1.82, 2.24) is 0 Å². The highest BCUT2D eigenvalue weighted by atomic mass is 35.5. The molecule has 1 aliphatic carbocycles. The molecule has 0 radical (unpaired) electrons. The van der Waals surface area contributed by atoms with Crippen LogP contribution in [0.3, 0.4) is 0 Å². The Morgan fingerprint density at radius 1 is 1.16 bits per heavy atom. The second-order valence-corrected chi connectivity index (χ2v) is 8.00. The van der Waals surface area contributed by atoms with Crippen LogP contribution in [0.1, 0.15) is 64.0 Å². The summed E-state index contributed by atoms with van der Waals surface area (Å²) in [5.74, 6) is 0.574. The maximum atomic E-state index is 6.48. The molecule has 1 saturated carbocycles. The molecule has 1 aromatic carbocycles. The highest BCUT2D eigenvalue weighted by Gasteiger charge is 2.39. The monoisotopic (exact) mass is 276 g/mol. The summed E-state index contributed by atoms with van der Waals surface area (Å²) in [6.45, 7) is 13.3. The zero-order valence-electron chi connectivity index (χ0n) is 12.6. The van der Waals surface area contributed by atoms with E-state index in [4.69, 9.17) is 11.6 Å². The summed E-state index contributed by atoms with van der Waals surface area (Å²) in [5.41, 5.74) is 3.20. The molecular formula is C18H25Cl. The van der Waals surface area contributed by atoms with E-state index in [1.165, 1.54) is 24.8 Å². The minimum Gasteiger partial charge on any atom is -0.0985 e. The Hall–Kier alpha value is -0.750. The molecule has 0 atom stereocenters. The Morgan fingerprint density at radius 3 is 2.21 bits per heavy atom. The fraction of sp³-hybridized carbons (Fsp3) is 0.556. The smallest absolute Gasteiger partial charge is 0.0446 e. The maximum Gasteiger partial charge on any atom is 0.0446 e. The van der Waals surface area contributed by atoms with Gasteiger partial charge in [-0.15, -0.1) is 0 Å². The molecule has 1 fully saturated rings. The largest absolute Gasteiger partial charge is 0.0985 e. The molecule has 0 bridgehead atoms. The number of hydrogen-bond acceptors (Lipinski definition) is 0. The van der Waals surface area contributed by atoms with E-state index >= 15 is 0 Å². The molecule has 0 amide bonds. The van der Waals surface area contributed by atoms with Crippen LogP contribution in [0.15, 0.2) is 24.8 Å². The molecule has 0 aromatic heterocycles. The molecule has 1 heteroatoms. The van der Waals surface area contributed by atoms with Crippen LogP contribution in [-0.4, -0.2) is 0 Å². The molecule has 0 nitrogen and oxygen atoms in total. The van der Waals surface area contributed by atoms with Gasteiger partial charge in [0.25, 0.3) is 0 Å². The Balaban J connectivity index is 2.33. The lowest BCUT2D eigenvalue weighted by atomic mass is 9.60. The molecule has 0 aliphatic heterocycles. The maximum absolute atomic E-state index is 6.48. The third kappa shape index (κ3) is 3.42. The van der Waals surface area contributed by atoms with Gasteiger partial charge in [-0.2, -0.15) is 0 Å². The second-order valence-electron chi connectivity index (χ2n) is 7.60. The van der Waals surface area contributed by atoms with Crippen molar-refractivity contribution in [3.05, 3.63) is 40.9 Å². The van der Waals surface area contributed by atoms with Gasteiger partial charge in [-0.25, -0.2) is 0 Å². The zero-order chi connectivity index (χ0) is 14.3. The topological polar surface area (TPSA) is 0 Å². The van der Waals surface area contributed by atoms with Crippen molar-refractivity contribution in [2.45, 2.75) is 52.9 Å². The lowest BCUT2D eigenvalue weighted by Crippen LogP contribution is -2.33. The SMILES string of the molecule is C=Cc1ccc(C2CC(C)(C)CC(C)(C)C2)c(Cl)c1. The summed E-state index contributed by atoms with van der Waals surface area (Å²) in [6.07, 6.45) is 5.59. The van der Waals surface area contributed by atoms with Gasteiger partial charge in [-0.1, -0.05) is 64.1 Å². The van der Waals surface area contributed by atoms with Crippen molar-refractivity contribution in [3.8, 4) is 0 Å². The standard InChI is InChI=1S/C18H25Cl/c1-6-13-7-8-15(16(19)9-13)14-10-17(2,3)12-18(4,5)11-14/h6-9,14H,1,10-12H2,2-5H3. The van der Waals surface area contributed by atoms with E-state index in [1.54, 1.807) is 0 Å². The highest BCUT2D eigenvalue weighted by molar-refractivity contribution is 6.31. The van der Waals surface area contributed by atoms with E-state index in [0.717, 1.165) is 10.6 Å². The quantitative estimate of drug-likeness (QED) is 0.594. The lowest BCUT2D eigenvalue weighted by molar-refractivity contribution is 0.0969. The van der Waals surface area contributed by atoms with E-state index < -0.39 is 0 Å². The summed E-state index contributed by atoms with van der Waals surface area (Å²) < 4.78 is 0. The van der Waals surface area contributed by atoms with Crippen LogP contribution in [0.5, 0.6) is 0 Å². The Morgan fingerprint density at radius 2 is 1.74 bits per heavy atom. The number of halogens is 1. The summed E-state index contributed by atoms with van der Waals surface area (Å²) >= 11 is 6.48. The van der Waals surface area contributed by atoms with Crippen LogP contribution in [0.25, 0.3) is 6.08 Å². The molecular weight excluding hydrogens is 252 g/mol. The molecule has 1 aromatic rings. The normalized spacial score (nSPS) is 22.2. The van der Waals surface area contributed by atoms with Gasteiger partial charge in [0.1, 0.15) is 0 Å². The first kappa shape index (κ1) is 14.7. The zero-order valence-corrected chi connectivity index (χ0v) is 13.3. The van der Waals surface area contributed by atoms with Crippen molar-refractivity contribution in [2.75, 3.05) is 0 Å². The van der Waals surface area contributed by atoms with Gasteiger partial charge in [0.15, 0.2) is 0 Å². The minimum atomic E-state index is 0.396. The third-order valence-electron chi connectivity index (χ3n) is 4.26. The molecule has 0 saturated heterocycles. The van der Waals surface area contributed by atoms with Crippen LogP contribution >= 0.6 is 11.6 Å². The summed E-state index contributed by atoms with van der Waals surface area (Å²) in [6, 6.07) is 6.36. The fourth-order valence-electron chi connectivity index (χ4n) is 4.07. The second kappa shape index (κ2) is 4.98. The van der Waals surface area contributed by atoms with Gasteiger partial charge in [-0.05, 0) is 53.2 Å². The lowest BCUT2D eigenvalue weighted by Gasteiger charge is -2.45. The van der Waals surface area contributed by atoms with Gasteiger partial charge < -0.3 is 0 Å². The fourth-order valence-corrected chi connectivity index (χ4v) is 4.41. The molecule has 0 heterocycles. The van der Waals surface area contributed by atoms with Crippen LogP contribution in [0, 0.1) is 10.8 Å². The first-order chi connectivity index (χ1) is 8.72. The van der Waals surface area contributed by atoms with E-state index in [1.807, 2.05) is 12.1 Å². The predicted molar refractivity (Wildman–Crippen MR) is 85.7 cm³/mol. The van der Waals surface area contributed by atoms with Crippen LogP contribution in [0.2, 0.25) is 5.02 Å². The molecule has 1 aliphatic rings.